The van der Waals surface area contributed by atoms with Crippen molar-refractivity contribution in [3.05, 3.63) is 70.5 Å². The summed E-state index contributed by atoms with van der Waals surface area (Å²) < 4.78 is 74.0. The second-order valence-electron chi connectivity index (χ2n) is 9.53. The average molecular weight is 498 g/mol. The third-order valence-corrected chi connectivity index (χ3v) is 7.50. The number of aryl methyl sites for hydroxylation is 1. The molecule has 4 atom stereocenters. The summed E-state index contributed by atoms with van der Waals surface area (Å²) in [7, 11) is 0. The summed E-state index contributed by atoms with van der Waals surface area (Å²) in [6.45, 7) is 2.62. The third kappa shape index (κ3) is 4.44. The molecule has 1 fully saturated rings. The van der Waals surface area contributed by atoms with Crippen molar-refractivity contribution in [2.45, 2.75) is 69.1 Å². The summed E-state index contributed by atoms with van der Waals surface area (Å²) in [5.74, 6) is -1.36. The van der Waals surface area contributed by atoms with E-state index in [1.165, 1.54) is 29.2 Å². The van der Waals surface area contributed by atoms with Crippen LogP contribution in [0, 0.1) is 5.82 Å². The maximum Gasteiger partial charge on any atom is 0.421 e. The van der Waals surface area contributed by atoms with Crippen molar-refractivity contribution in [2.75, 3.05) is 13.2 Å². The SMILES string of the molecule is CCOC(=O)C(F)N1CC[C@@]2(Cc3ccc(F)cc3)c3ccc(C(C)(O)C(F)(F)F)cc3CC[C@@H]12. The molecule has 2 aromatic carbocycles. The number of fused-ring (bicyclic) bond motifs is 3. The number of benzene rings is 2. The molecule has 1 N–H and O–H groups in total. The zero-order chi connectivity index (χ0) is 25.6. The fourth-order valence-corrected chi connectivity index (χ4v) is 5.66. The Labute approximate surface area is 200 Å². The molecule has 0 amide bonds. The lowest BCUT2D eigenvalue weighted by atomic mass is 9.63. The van der Waals surface area contributed by atoms with Gasteiger partial charge in [0, 0.05) is 18.0 Å². The topological polar surface area (TPSA) is 49.8 Å². The molecule has 0 radical (unpaired) electrons. The molecule has 2 aliphatic rings. The van der Waals surface area contributed by atoms with Crippen LogP contribution in [0.4, 0.5) is 22.0 Å². The van der Waals surface area contributed by atoms with Crippen molar-refractivity contribution in [1.29, 1.82) is 0 Å². The molecule has 9 heteroatoms. The van der Waals surface area contributed by atoms with Crippen molar-refractivity contribution in [3.8, 4) is 0 Å². The van der Waals surface area contributed by atoms with Crippen molar-refractivity contribution in [2.24, 2.45) is 0 Å². The largest absolute Gasteiger partial charge is 0.463 e. The number of carbonyl (C=O) groups is 1. The van der Waals surface area contributed by atoms with E-state index in [1.807, 2.05) is 0 Å². The van der Waals surface area contributed by atoms with Crippen LogP contribution in [0.3, 0.4) is 0 Å². The Balaban J connectivity index is 1.78. The summed E-state index contributed by atoms with van der Waals surface area (Å²) in [5.41, 5.74) is -1.77. The van der Waals surface area contributed by atoms with Gasteiger partial charge in [0.25, 0.3) is 6.30 Å². The van der Waals surface area contributed by atoms with Gasteiger partial charge >= 0.3 is 12.1 Å². The van der Waals surface area contributed by atoms with E-state index in [-0.39, 0.29) is 18.7 Å². The highest BCUT2D eigenvalue weighted by Gasteiger charge is 2.55. The molecule has 2 aromatic rings. The van der Waals surface area contributed by atoms with Crippen molar-refractivity contribution in [3.63, 3.8) is 0 Å². The Hall–Kier alpha value is -2.52. The third-order valence-electron chi connectivity index (χ3n) is 7.50. The second-order valence-corrected chi connectivity index (χ2v) is 9.53. The number of halogens is 5. The van der Waals surface area contributed by atoms with E-state index in [9.17, 15) is 27.5 Å². The van der Waals surface area contributed by atoms with Gasteiger partial charge < -0.3 is 9.84 Å². The second kappa shape index (κ2) is 9.17. The number of aliphatic hydroxyl groups is 1. The maximum atomic E-state index is 15.2. The fraction of sp³-hybridized carbons (Fsp3) is 0.500. The molecule has 0 saturated carbocycles. The standard InChI is InChI=1S/C26H28F5NO3/c1-3-35-23(33)22(28)32-13-12-25(15-16-4-8-19(27)9-5-16)20-10-7-18(24(2,34)26(29,30)31)14-17(20)6-11-21(25)32/h4-5,7-10,14,21-22,34H,3,6,11-13,15H2,1-2H3/t21-,22?,24?,25-/m1/s1. The molecule has 4 nitrogen and oxygen atoms in total. The van der Waals surface area contributed by atoms with E-state index < -0.39 is 41.3 Å². The first-order chi connectivity index (χ1) is 16.4. The molecule has 4 rings (SSSR count). The number of hydrogen-bond acceptors (Lipinski definition) is 4. The van der Waals surface area contributed by atoms with Crippen molar-refractivity contribution < 1.29 is 36.6 Å². The van der Waals surface area contributed by atoms with Crippen molar-refractivity contribution in [1.82, 2.24) is 4.90 Å². The minimum atomic E-state index is -4.85. The Morgan fingerprint density at radius 2 is 1.91 bits per heavy atom. The highest BCUT2D eigenvalue weighted by Crippen LogP contribution is 2.51. The van der Waals surface area contributed by atoms with Crippen LogP contribution in [0.15, 0.2) is 42.5 Å². The Bertz CT molecular complexity index is 1090. The highest BCUT2D eigenvalue weighted by molar-refractivity contribution is 5.74. The quantitative estimate of drug-likeness (QED) is 0.349. The summed E-state index contributed by atoms with van der Waals surface area (Å²) >= 11 is 0. The molecular formula is C26H28F5NO3. The van der Waals surface area contributed by atoms with E-state index in [2.05, 4.69) is 0 Å². The van der Waals surface area contributed by atoms with Gasteiger partial charge in [0.05, 0.1) is 6.61 Å². The van der Waals surface area contributed by atoms with Crippen LogP contribution in [0.5, 0.6) is 0 Å². The van der Waals surface area contributed by atoms with Crippen LogP contribution in [-0.4, -0.2) is 47.6 Å². The Morgan fingerprint density at radius 3 is 2.54 bits per heavy atom. The minimum absolute atomic E-state index is 0.0449. The number of likely N-dealkylation sites (tertiary alicyclic amines) is 1. The lowest BCUT2D eigenvalue weighted by Crippen LogP contribution is -2.51. The van der Waals surface area contributed by atoms with Gasteiger partial charge in [-0.15, -0.1) is 0 Å². The van der Waals surface area contributed by atoms with Gasteiger partial charge in [-0.1, -0.05) is 30.3 Å². The number of nitrogens with zero attached hydrogens (tertiary/aromatic N) is 1. The molecule has 1 aliphatic heterocycles. The number of hydrogen-bond donors (Lipinski definition) is 1. The molecule has 0 spiro atoms. The summed E-state index contributed by atoms with van der Waals surface area (Å²) in [5, 5.41) is 10.2. The summed E-state index contributed by atoms with van der Waals surface area (Å²) in [6.07, 6.45) is -5.19. The van der Waals surface area contributed by atoms with Crippen LogP contribution < -0.4 is 0 Å². The molecule has 0 aromatic heterocycles. The van der Waals surface area contributed by atoms with Gasteiger partial charge in [-0.3, -0.25) is 4.90 Å². The van der Waals surface area contributed by atoms with Crippen molar-refractivity contribution >= 4 is 5.97 Å². The van der Waals surface area contributed by atoms with Crippen LogP contribution in [0.2, 0.25) is 0 Å². The zero-order valence-corrected chi connectivity index (χ0v) is 19.5. The molecule has 1 saturated heterocycles. The van der Waals surface area contributed by atoms with Crippen LogP contribution >= 0.6 is 0 Å². The van der Waals surface area contributed by atoms with Gasteiger partial charge in [-0.25, -0.2) is 13.6 Å². The number of ether oxygens (including phenoxy) is 1. The molecule has 1 aliphatic carbocycles. The van der Waals surface area contributed by atoms with Crippen LogP contribution in [0.1, 0.15) is 48.9 Å². The monoisotopic (exact) mass is 497 g/mol. The first kappa shape index (κ1) is 25.6. The van der Waals surface area contributed by atoms with Gasteiger partial charge in [-0.2, -0.15) is 13.2 Å². The van der Waals surface area contributed by atoms with E-state index >= 15 is 4.39 Å². The summed E-state index contributed by atoms with van der Waals surface area (Å²) in [4.78, 5) is 13.7. The lowest BCUT2D eigenvalue weighted by molar-refractivity contribution is -0.258. The van der Waals surface area contributed by atoms with E-state index in [4.69, 9.17) is 4.74 Å². The van der Waals surface area contributed by atoms with Crippen LogP contribution in [0.25, 0.3) is 0 Å². The van der Waals surface area contributed by atoms with E-state index in [0.717, 1.165) is 18.1 Å². The number of carbonyl (C=O) groups excluding carboxylic acids is 1. The first-order valence-corrected chi connectivity index (χ1v) is 11.6. The van der Waals surface area contributed by atoms with Crippen LogP contribution in [-0.2, 0) is 33.4 Å². The predicted molar refractivity (Wildman–Crippen MR) is 119 cm³/mol. The molecule has 0 bridgehead atoms. The maximum absolute atomic E-state index is 15.2. The normalized spacial score (nSPS) is 24.9. The Morgan fingerprint density at radius 1 is 1.23 bits per heavy atom. The molecular weight excluding hydrogens is 469 g/mol. The van der Waals surface area contributed by atoms with E-state index in [0.29, 0.717) is 31.2 Å². The smallest absolute Gasteiger partial charge is 0.421 e. The van der Waals surface area contributed by atoms with E-state index in [1.54, 1.807) is 25.1 Å². The summed E-state index contributed by atoms with van der Waals surface area (Å²) in [6, 6.07) is 9.76. The number of alkyl halides is 4. The molecule has 190 valence electrons. The van der Waals surface area contributed by atoms with Gasteiger partial charge in [0.2, 0.25) is 0 Å². The average Bonchev–Trinajstić information content (AvgIpc) is 3.18. The highest BCUT2D eigenvalue weighted by atomic mass is 19.4. The minimum Gasteiger partial charge on any atom is -0.463 e. The number of esters is 1. The zero-order valence-electron chi connectivity index (χ0n) is 19.5. The molecule has 35 heavy (non-hydrogen) atoms. The van der Waals surface area contributed by atoms with Gasteiger partial charge in [-0.05, 0) is 73.9 Å². The molecule has 1 heterocycles. The van der Waals surface area contributed by atoms with Gasteiger partial charge in [0.15, 0.2) is 5.60 Å². The Kier molecular flexibility index (Phi) is 6.70. The number of rotatable bonds is 6. The molecule has 2 unspecified atom stereocenters. The lowest BCUT2D eigenvalue weighted by Gasteiger charge is -2.44. The van der Waals surface area contributed by atoms with Gasteiger partial charge in [0.1, 0.15) is 5.82 Å². The fourth-order valence-electron chi connectivity index (χ4n) is 5.66. The first-order valence-electron chi connectivity index (χ1n) is 11.6. The predicted octanol–water partition coefficient (Wildman–Crippen LogP) is 4.96.